The molecule has 0 aromatic heterocycles. The molecule has 0 saturated heterocycles. The lowest BCUT2D eigenvalue weighted by atomic mass is 9.70. The van der Waals surface area contributed by atoms with Crippen LogP contribution in [0.1, 0.15) is 54.9 Å². The van der Waals surface area contributed by atoms with E-state index in [0.29, 0.717) is 12.2 Å². The first-order chi connectivity index (χ1) is 7.34. The molecule has 2 heteroatoms. The van der Waals surface area contributed by atoms with Crippen LogP contribution in [0.25, 0.3) is 0 Å². The molecule has 0 aliphatic heterocycles. The second-order valence-corrected chi connectivity index (χ2v) is 7.42. The highest BCUT2D eigenvalue weighted by molar-refractivity contribution is 5.42. The molecular weight excluding hydrogens is 212 g/mol. The largest absolute Gasteiger partial charge is 0.508 e. The van der Waals surface area contributed by atoms with Crippen LogP contribution in [0.3, 0.4) is 0 Å². The molecule has 17 heavy (non-hydrogen) atoms. The Labute approximate surface area is 105 Å². The van der Waals surface area contributed by atoms with Gasteiger partial charge in [-0.05, 0) is 35.0 Å². The molecule has 2 N–H and O–H groups in total. The third kappa shape index (κ3) is 3.12. The summed E-state index contributed by atoms with van der Waals surface area (Å²) in [6, 6.07) is 0. The van der Waals surface area contributed by atoms with E-state index in [4.69, 9.17) is 0 Å². The Balaban J connectivity index is 3.38. The summed E-state index contributed by atoms with van der Waals surface area (Å²) < 4.78 is 0. The molecule has 0 spiro atoms. The number of aliphatic hydroxyl groups is 2. The standard InChI is InChI=1S/C15H26O2/c1-13(2,3)10-8-15(7,17)9-11(12(10)16)14(4,5)6/h8,16-17H,9H2,1-7H3. The highest BCUT2D eigenvalue weighted by Crippen LogP contribution is 2.44. The van der Waals surface area contributed by atoms with Crippen molar-refractivity contribution in [3.8, 4) is 0 Å². The molecule has 98 valence electrons. The van der Waals surface area contributed by atoms with Crippen molar-refractivity contribution >= 4 is 0 Å². The fraction of sp³-hybridized carbons (Fsp3) is 0.733. The monoisotopic (exact) mass is 238 g/mol. The summed E-state index contributed by atoms with van der Waals surface area (Å²) in [7, 11) is 0. The van der Waals surface area contributed by atoms with E-state index < -0.39 is 5.60 Å². The van der Waals surface area contributed by atoms with Crippen molar-refractivity contribution in [2.75, 3.05) is 0 Å². The average molecular weight is 238 g/mol. The summed E-state index contributed by atoms with van der Waals surface area (Å²) in [4.78, 5) is 0. The van der Waals surface area contributed by atoms with Gasteiger partial charge in [-0.3, -0.25) is 0 Å². The van der Waals surface area contributed by atoms with Gasteiger partial charge >= 0.3 is 0 Å². The molecule has 0 amide bonds. The van der Waals surface area contributed by atoms with Gasteiger partial charge in [0.2, 0.25) is 0 Å². The van der Waals surface area contributed by atoms with Gasteiger partial charge in [-0.1, -0.05) is 41.5 Å². The van der Waals surface area contributed by atoms with Gasteiger partial charge in [-0.2, -0.15) is 0 Å². The predicted molar refractivity (Wildman–Crippen MR) is 71.9 cm³/mol. The van der Waals surface area contributed by atoms with Crippen LogP contribution in [0.15, 0.2) is 23.0 Å². The van der Waals surface area contributed by atoms with Crippen LogP contribution in [0.2, 0.25) is 0 Å². The van der Waals surface area contributed by atoms with Crippen LogP contribution in [-0.2, 0) is 0 Å². The quantitative estimate of drug-likeness (QED) is 0.670. The van der Waals surface area contributed by atoms with Crippen LogP contribution in [0.5, 0.6) is 0 Å². The van der Waals surface area contributed by atoms with Crippen LogP contribution in [-0.4, -0.2) is 15.8 Å². The van der Waals surface area contributed by atoms with Gasteiger partial charge in [0.25, 0.3) is 0 Å². The topological polar surface area (TPSA) is 40.5 Å². The summed E-state index contributed by atoms with van der Waals surface area (Å²) in [5, 5.41) is 20.8. The Bertz CT molecular complexity index is 371. The minimum absolute atomic E-state index is 0.126. The lowest BCUT2D eigenvalue weighted by molar-refractivity contribution is 0.0966. The van der Waals surface area contributed by atoms with Crippen molar-refractivity contribution in [3.05, 3.63) is 23.0 Å². The number of allylic oxidation sites excluding steroid dienone is 1. The van der Waals surface area contributed by atoms with Gasteiger partial charge in [0.15, 0.2) is 0 Å². The zero-order valence-corrected chi connectivity index (χ0v) is 12.2. The molecule has 0 radical (unpaired) electrons. The molecule has 2 nitrogen and oxygen atoms in total. The smallest absolute Gasteiger partial charge is 0.118 e. The van der Waals surface area contributed by atoms with Gasteiger partial charge < -0.3 is 10.2 Å². The van der Waals surface area contributed by atoms with Crippen molar-refractivity contribution in [1.29, 1.82) is 0 Å². The lowest BCUT2D eigenvalue weighted by Crippen LogP contribution is -2.33. The zero-order chi connectivity index (χ0) is 13.6. The molecule has 1 unspecified atom stereocenters. The van der Waals surface area contributed by atoms with E-state index in [2.05, 4.69) is 41.5 Å². The summed E-state index contributed by atoms with van der Waals surface area (Å²) in [6.45, 7) is 14.2. The fourth-order valence-electron chi connectivity index (χ4n) is 2.23. The van der Waals surface area contributed by atoms with E-state index >= 15 is 0 Å². The van der Waals surface area contributed by atoms with Crippen molar-refractivity contribution in [2.45, 2.75) is 60.5 Å². The molecule has 0 fully saturated rings. The highest BCUT2D eigenvalue weighted by atomic mass is 16.3. The van der Waals surface area contributed by atoms with E-state index in [-0.39, 0.29) is 10.8 Å². The van der Waals surface area contributed by atoms with E-state index in [1.165, 1.54) is 0 Å². The first-order valence-corrected chi connectivity index (χ1v) is 6.23. The highest BCUT2D eigenvalue weighted by Gasteiger charge is 2.37. The predicted octanol–water partition coefficient (Wildman–Crippen LogP) is 3.97. The first-order valence-electron chi connectivity index (χ1n) is 6.23. The molecule has 0 aromatic rings. The van der Waals surface area contributed by atoms with Crippen molar-refractivity contribution < 1.29 is 10.2 Å². The van der Waals surface area contributed by atoms with Crippen molar-refractivity contribution in [3.63, 3.8) is 0 Å². The Morgan fingerprint density at radius 3 is 1.88 bits per heavy atom. The molecule has 1 aliphatic rings. The fourth-order valence-corrected chi connectivity index (χ4v) is 2.23. The van der Waals surface area contributed by atoms with Crippen LogP contribution in [0, 0.1) is 10.8 Å². The normalized spacial score (nSPS) is 27.2. The number of hydrogen-bond acceptors (Lipinski definition) is 2. The number of hydrogen-bond donors (Lipinski definition) is 2. The third-order valence-corrected chi connectivity index (χ3v) is 3.24. The Hall–Kier alpha value is -0.760. The Kier molecular flexibility index (Phi) is 3.26. The van der Waals surface area contributed by atoms with Gasteiger partial charge in [0, 0.05) is 6.42 Å². The Morgan fingerprint density at radius 2 is 1.53 bits per heavy atom. The maximum absolute atomic E-state index is 10.4. The Morgan fingerprint density at radius 1 is 1.06 bits per heavy atom. The van der Waals surface area contributed by atoms with Gasteiger partial charge in [-0.15, -0.1) is 0 Å². The maximum atomic E-state index is 10.4. The minimum atomic E-state index is -0.864. The lowest BCUT2D eigenvalue weighted by Gasteiger charge is -2.38. The minimum Gasteiger partial charge on any atom is -0.508 e. The molecule has 1 atom stereocenters. The van der Waals surface area contributed by atoms with E-state index in [9.17, 15) is 10.2 Å². The van der Waals surface area contributed by atoms with Gasteiger partial charge in [0.05, 0.1) is 5.60 Å². The number of rotatable bonds is 0. The van der Waals surface area contributed by atoms with Crippen LogP contribution < -0.4 is 0 Å². The van der Waals surface area contributed by atoms with Crippen LogP contribution >= 0.6 is 0 Å². The van der Waals surface area contributed by atoms with Gasteiger partial charge in [0.1, 0.15) is 5.76 Å². The average Bonchev–Trinajstić information content (AvgIpc) is 2.04. The maximum Gasteiger partial charge on any atom is 0.118 e. The second kappa shape index (κ2) is 3.88. The molecule has 0 aromatic carbocycles. The molecule has 1 aliphatic carbocycles. The summed E-state index contributed by atoms with van der Waals surface area (Å²) >= 11 is 0. The molecule has 1 rings (SSSR count). The first kappa shape index (κ1) is 14.3. The molecule has 0 saturated carbocycles. The summed E-state index contributed by atoms with van der Waals surface area (Å²) in [5.41, 5.74) is 0.634. The molecular formula is C15H26O2. The SMILES string of the molecule is CC1(O)C=C(C(C)(C)C)C(O)=C(C(C)(C)C)C1. The third-order valence-electron chi connectivity index (χ3n) is 3.24. The van der Waals surface area contributed by atoms with E-state index in [0.717, 1.165) is 11.1 Å². The van der Waals surface area contributed by atoms with E-state index in [1.807, 2.05) is 0 Å². The zero-order valence-electron chi connectivity index (χ0n) is 12.2. The number of aliphatic hydroxyl groups excluding tert-OH is 1. The van der Waals surface area contributed by atoms with Gasteiger partial charge in [-0.25, -0.2) is 0 Å². The second-order valence-electron chi connectivity index (χ2n) is 7.42. The molecule has 0 bridgehead atoms. The molecule has 0 heterocycles. The van der Waals surface area contributed by atoms with Crippen molar-refractivity contribution in [2.24, 2.45) is 10.8 Å². The van der Waals surface area contributed by atoms with Crippen molar-refractivity contribution in [1.82, 2.24) is 0 Å². The summed E-state index contributed by atoms with van der Waals surface area (Å²) in [5.74, 6) is 0.372. The van der Waals surface area contributed by atoms with E-state index in [1.54, 1.807) is 13.0 Å². The van der Waals surface area contributed by atoms with Crippen LogP contribution in [0.4, 0.5) is 0 Å². The summed E-state index contributed by atoms with van der Waals surface area (Å²) in [6.07, 6.45) is 2.31.